The fourth-order valence-electron chi connectivity index (χ4n) is 1.82. The van der Waals surface area contributed by atoms with E-state index in [0.29, 0.717) is 6.42 Å². The molecule has 0 saturated carbocycles. The van der Waals surface area contributed by atoms with E-state index in [1.807, 2.05) is 13.8 Å². The van der Waals surface area contributed by atoms with Gasteiger partial charge in [0.25, 0.3) is 5.91 Å². The molecule has 1 aromatic carbocycles. The van der Waals surface area contributed by atoms with Crippen molar-refractivity contribution in [2.75, 3.05) is 6.54 Å². The number of carbonyl (C=O) groups excluding carboxylic acids is 2. The zero-order valence-electron chi connectivity index (χ0n) is 13.0. The molecule has 0 fully saturated rings. The van der Waals surface area contributed by atoms with Crippen LogP contribution < -0.4 is 10.6 Å². The summed E-state index contributed by atoms with van der Waals surface area (Å²) in [6.07, 6.45) is -0.514. The molecule has 0 bridgehead atoms. The van der Waals surface area contributed by atoms with Crippen molar-refractivity contribution in [3.8, 4) is 0 Å². The Balaban J connectivity index is 2.47. The highest BCUT2D eigenvalue weighted by atomic mass is 19.1. The summed E-state index contributed by atoms with van der Waals surface area (Å²) in [5, 5.41) is 22.5. The number of rotatable bonds is 8. The Hall–Kier alpha value is -1.97. The molecule has 0 saturated heterocycles. The predicted octanol–water partition coefficient (Wildman–Crippen LogP) is 0.0300. The second-order valence-electron chi connectivity index (χ2n) is 5.34. The molecular formula is C14H20BFN2O5. The summed E-state index contributed by atoms with van der Waals surface area (Å²) in [6, 6.07) is 4.89. The zero-order chi connectivity index (χ0) is 17.4. The molecule has 4 N–H and O–H groups in total. The highest BCUT2D eigenvalue weighted by Gasteiger charge is 2.21. The Morgan fingerprint density at radius 3 is 2.39 bits per heavy atom. The molecular weight excluding hydrogens is 306 g/mol. The van der Waals surface area contributed by atoms with Crippen LogP contribution in [0.15, 0.2) is 24.3 Å². The van der Waals surface area contributed by atoms with Crippen LogP contribution in [0.25, 0.3) is 0 Å². The van der Waals surface area contributed by atoms with Crippen molar-refractivity contribution in [2.24, 2.45) is 5.92 Å². The van der Waals surface area contributed by atoms with Gasteiger partial charge in [-0.3, -0.25) is 9.59 Å². The number of halogens is 1. The van der Waals surface area contributed by atoms with Crippen LogP contribution >= 0.6 is 0 Å². The van der Waals surface area contributed by atoms with Gasteiger partial charge in [-0.25, -0.2) is 4.39 Å². The van der Waals surface area contributed by atoms with Crippen LogP contribution in [0.1, 0.15) is 30.6 Å². The van der Waals surface area contributed by atoms with Crippen molar-refractivity contribution in [3.05, 3.63) is 35.6 Å². The molecule has 0 radical (unpaired) electrons. The SMILES string of the molecule is CC(C)C[C@H](NC(=O)CNC(=O)c1ccc(F)cc1)OB(O)O. The van der Waals surface area contributed by atoms with Gasteiger partial charge in [-0.1, -0.05) is 13.8 Å². The van der Waals surface area contributed by atoms with Gasteiger partial charge in [-0.2, -0.15) is 0 Å². The summed E-state index contributed by atoms with van der Waals surface area (Å²) in [6.45, 7) is 3.43. The largest absolute Gasteiger partial charge is 0.635 e. The maximum absolute atomic E-state index is 12.8. The third-order valence-corrected chi connectivity index (χ3v) is 2.81. The van der Waals surface area contributed by atoms with Gasteiger partial charge in [-0.15, -0.1) is 0 Å². The minimum atomic E-state index is -2.01. The predicted molar refractivity (Wildman–Crippen MR) is 81.4 cm³/mol. The smallest absolute Gasteiger partial charge is 0.402 e. The molecule has 9 heteroatoms. The van der Waals surface area contributed by atoms with Crippen molar-refractivity contribution in [2.45, 2.75) is 26.5 Å². The summed E-state index contributed by atoms with van der Waals surface area (Å²) < 4.78 is 17.5. The van der Waals surface area contributed by atoms with E-state index in [-0.39, 0.29) is 18.0 Å². The molecule has 0 unspecified atom stereocenters. The Morgan fingerprint density at radius 2 is 1.87 bits per heavy atom. The van der Waals surface area contributed by atoms with Gasteiger partial charge < -0.3 is 25.3 Å². The molecule has 0 aliphatic carbocycles. The Morgan fingerprint density at radius 1 is 1.26 bits per heavy atom. The first-order valence-corrected chi connectivity index (χ1v) is 7.12. The first-order chi connectivity index (χ1) is 10.8. The van der Waals surface area contributed by atoms with Gasteiger partial charge in [0, 0.05) is 5.56 Å². The minimum Gasteiger partial charge on any atom is -0.402 e. The normalized spacial score (nSPS) is 11.9. The lowest BCUT2D eigenvalue weighted by molar-refractivity contribution is -0.123. The van der Waals surface area contributed by atoms with Gasteiger partial charge in [0.2, 0.25) is 5.91 Å². The lowest BCUT2D eigenvalue weighted by Gasteiger charge is -2.21. The van der Waals surface area contributed by atoms with Gasteiger partial charge in [0.05, 0.1) is 6.54 Å². The van der Waals surface area contributed by atoms with E-state index < -0.39 is 31.2 Å². The van der Waals surface area contributed by atoms with Crippen molar-refractivity contribution >= 4 is 19.1 Å². The van der Waals surface area contributed by atoms with E-state index in [4.69, 9.17) is 14.7 Å². The van der Waals surface area contributed by atoms with E-state index in [9.17, 15) is 14.0 Å². The molecule has 7 nitrogen and oxygen atoms in total. The molecule has 0 aliphatic rings. The summed E-state index contributed by atoms with van der Waals surface area (Å²) in [4.78, 5) is 23.6. The summed E-state index contributed by atoms with van der Waals surface area (Å²) in [7, 11) is -2.01. The third kappa shape index (κ3) is 7.73. The highest BCUT2D eigenvalue weighted by Crippen LogP contribution is 2.06. The van der Waals surface area contributed by atoms with Gasteiger partial charge in [0.1, 0.15) is 12.0 Å². The average molecular weight is 326 g/mol. The van der Waals surface area contributed by atoms with Crippen LogP contribution in [-0.2, 0) is 9.45 Å². The first kappa shape index (κ1) is 19.1. The van der Waals surface area contributed by atoms with Gasteiger partial charge in [-0.05, 0) is 36.6 Å². The maximum atomic E-state index is 12.8. The van der Waals surface area contributed by atoms with E-state index >= 15 is 0 Å². The quantitative estimate of drug-likeness (QED) is 0.398. The van der Waals surface area contributed by atoms with Gasteiger partial charge in [0.15, 0.2) is 0 Å². The van der Waals surface area contributed by atoms with E-state index in [0.717, 1.165) is 12.1 Å². The molecule has 23 heavy (non-hydrogen) atoms. The monoisotopic (exact) mass is 326 g/mol. The molecule has 126 valence electrons. The van der Waals surface area contributed by atoms with Crippen molar-refractivity contribution < 1.29 is 28.7 Å². The van der Waals surface area contributed by atoms with E-state index in [1.54, 1.807) is 0 Å². The van der Waals surface area contributed by atoms with E-state index in [1.165, 1.54) is 12.1 Å². The number of hydrogen-bond acceptors (Lipinski definition) is 5. The Kier molecular flexibility index (Phi) is 7.66. The number of amides is 2. The molecule has 0 aromatic heterocycles. The molecule has 1 aromatic rings. The summed E-state index contributed by atoms with van der Waals surface area (Å²) in [5.41, 5.74) is 0.222. The molecule has 1 atom stereocenters. The topological polar surface area (TPSA) is 108 Å². The second kappa shape index (κ2) is 9.24. The number of nitrogens with one attached hydrogen (secondary N) is 2. The van der Waals surface area contributed by atoms with Gasteiger partial charge >= 0.3 is 7.32 Å². The van der Waals surface area contributed by atoms with Crippen LogP contribution in [0.4, 0.5) is 4.39 Å². The van der Waals surface area contributed by atoms with Crippen molar-refractivity contribution in [1.29, 1.82) is 0 Å². The highest BCUT2D eigenvalue weighted by molar-refractivity contribution is 6.32. The Bertz CT molecular complexity index is 514. The molecule has 0 heterocycles. The standard InChI is InChI=1S/C14H20BFN2O5/c1-9(2)7-13(23-15(21)22)18-12(19)8-17-14(20)10-3-5-11(16)6-4-10/h3-6,9,13,21-22H,7-8H2,1-2H3,(H,17,20)(H,18,19)/t13-/m1/s1. The molecule has 0 spiro atoms. The van der Waals surface area contributed by atoms with Crippen molar-refractivity contribution in [3.63, 3.8) is 0 Å². The van der Waals surface area contributed by atoms with E-state index in [2.05, 4.69) is 10.6 Å². The lowest BCUT2D eigenvalue weighted by Crippen LogP contribution is -2.45. The molecule has 2 amide bonds. The average Bonchev–Trinajstić information content (AvgIpc) is 2.44. The zero-order valence-corrected chi connectivity index (χ0v) is 13.0. The second-order valence-corrected chi connectivity index (χ2v) is 5.34. The van der Waals surface area contributed by atoms with Crippen molar-refractivity contribution in [1.82, 2.24) is 10.6 Å². The lowest BCUT2D eigenvalue weighted by atomic mass is 10.1. The fraction of sp³-hybridized carbons (Fsp3) is 0.429. The first-order valence-electron chi connectivity index (χ1n) is 7.12. The third-order valence-electron chi connectivity index (χ3n) is 2.81. The minimum absolute atomic E-state index is 0.146. The Labute approximate surface area is 134 Å². The van der Waals surface area contributed by atoms with Crippen LogP contribution in [-0.4, -0.2) is 42.0 Å². The van der Waals surface area contributed by atoms with Crippen LogP contribution in [0.2, 0.25) is 0 Å². The van der Waals surface area contributed by atoms with Crippen LogP contribution in [0, 0.1) is 11.7 Å². The summed E-state index contributed by atoms with van der Waals surface area (Å²) >= 11 is 0. The van der Waals surface area contributed by atoms with Crippen LogP contribution in [0.3, 0.4) is 0 Å². The number of hydrogen-bond donors (Lipinski definition) is 4. The fourth-order valence-corrected chi connectivity index (χ4v) is 1.82. The number of benzene rings is 1. The summed E-state index contributed by atoms with van der Waals surface area (Å²) in [5.74, 6) is -1.39. The maximum Gasteiger partial charge on any atom is 0.635 e. The van der Waals surface area contributed by atoms with Crippen LogP contribution in [0.5, 0.6) is 0 Å². The number of carbonyl (C=O) groups is 2. The molecule has 0 aliphatic heterocycles. The molecule has 1 rings (SSSR count).